The lowest BCUT2D eigenvalue weighted by molar-refractivity contribution is 0.292. The maximum absolute atomic E-state index is 13.4. The Morgan fingerprint density at radius 2 is 1.73 bits per heavy atom. The highest BCUT2D eigenvalue weighted by Gasteiger charge is 2.16. The molecule has 1 aliphatic rings. The molecule has 22 heavy (non-hydrogen) atoms. The van der Waals surface area contributed by atoms with Gasteiger partial charge in [-0.1, -0.05) is 65.3 Å². The summed E-state index contributed by atoms with van der Waals surface area (Å²) in [5.41, 5.74) is 1.79. The summed E-state index contributed by atoms with van der Waals surface area (Å²) in [5, 5.41) is 0. The summed E-state index contributed by atoms with van der Waals surface area (Å²) in [6.07, 6.45) is 12.1. The van der Waals surface area contributed by atoms with E-state index in [0.717, 1.165) is 29.4 Å². The normalized spacial score (nSPS) is 21.0. The molecule has 0 aromatic heterocycles. The molecule has 0 spiro atoms. The molecule has 0 nitrogen and oxygen atoms in total. The lowest BCUT2D eigenvalue weighted by Crippen LogP contribution is -2.11. The van der Waals surface area contributed by atoms with Crippen molar-refractivity contribution in [2.45, 2.75) is 73.6 Å². The van der Waals surface area contributed by atoms with Gasteiger partial charge >= 0.3 is 0 Å². The molecule has 1 fully saturated rings. The van der Waals surface area contributed by atoms with E-state index in [1.54, 1.807) is 13.0 Å². The van der Waals surface area contributed by atoms with Gasteiger partial charge in [-0.05, 0) is 61.6 Å². The second-order valence-corrected chi connectivity index (χ2v) is 6.12. The van der Waals surface area contributed by atoms with E-state index in [1.807, 2.05) is 26.0 Å². The predicted molar refractivity (Wildman–Crippen MR) is 97.8 cm³/mol. The first-order chi connectivity index (χ1) is 10.1. The van der Waals surface area contributed by atoms with E-state index in [1.165, 1.54) is 32.1 Å². The number of allylic oxidation sites excluding steroid dienone is 2. The molecule has 1 saturated carbocycles. The molecule has 0 aliphatic heterocycles. The number of hydrogen-bond donors (Lipinski definition) is 0. The highest BCUT2D eigenvalue weighted by atomic mass is 19.1. The van der Waals surface area contributed by atoms with E-state index < -0.39 is 0 Å². The lowest BCUT2D eigenvalue weighted by Gasteiger charge is -2.25. The molecule has 126 valence electrons. The lowest BCUT2D eigenvalue weighted by atomic mass is 9.81. The van der Waals surface area contributed by atoms with E-state index in [4.69, 9.17) is 0 Å². The maximum atomic E-state index is 13.4. The SMILES string of the molecule is C.CC.Cc1ccc(C/C=C\CC2CCC(C)CC2)cc1F. The zero-order valence-corrected chi connectivity index (χ0v) is 14.2. The predicted octanol–water partition coefficient (Wildman–Crippen LogP) is 7.11. The van der Waals surface area contributed by atoms with Crippen LogP contribution in [0.25, 0.3) is 0 Å². The second-order valence-electron chi connectivity index (χ2n) is 6.12. The highest BCUT2D eigenvalue weighted by Crippen LogP contribution is 2.30. The van der Waals surface area contributed by atoms with Crippen LogP contribution in [-0.2, 0) is 6.42 Å². The summed E-state index contributed by atoms with van der Waals surface area (Å²) in [7, 11) is 0. The monoisotopic (exact) mass is 306 g/mol. The van der Waals surface area contributed by atoms with Crippen molar-refractivity contribution in [3.05, 3.63) is 47.3 Å². The van der Waals surface area contributed by atoms with Gasteiger partial charge < -0.3 is 0 Å². The molecule has 0 amide bonds. The average Bonchev–Trinajstić information content (AvgIpc) is 2.51. The fraction of sp³-hybridized carbons (Fsp3) is 0.619. The first-order valence-electron chi connectivity index (χ1n) is 8.55. The van der Waals surface area contributed by atoms with Crippen LogP contribution in [0.3, 0.4) is 0 Å². The van der Waals surface area contributed by atoms with Gasteiger partial charge in [-0.3, -0.25) is 0 Å². The molecular formula is C21H35F. The molecule has 0 radical (unpaired) electrons. The molecule has 0 atom stereocenters. The summed E-state index contributed by atoms with van der Waals surface area (Å²) in [4.78, 5) is 0. The Kier molecular flexibility index (Phi) is 10.9. The maximum Gasteiger partial charge on any atom is 0.126 e. The topological polar surface area (TPSA) is 0 Å². The van der Waals surface area contributed by atoms with E-state index >= 15 is 0 Å². The summed E-state index contributed by atoms with van der Waals surface area (Å²) in [5.74, 6) is 1.71. The molecule has 0 unspecified atom stereocenters. The molecule has 0 bridgehead atoms. The number of halogens is 1. The van der Waals surface area contributed by atoms with Crippen LogP contribution in [0.2, 0.25) is 0 Å². The van der Waals surface area contributed by atoms with Gasteiger partial charge in [0.25, 0.3) is 0 Å². The smallest absolute Gasteiger partial charge is 0.126 e. The van der Waals surface area contributed by atoms with Crippen LogP contribution < -0.4 is 0 Å². The third-order valence-corrected chi connectivity index (χ3v) is 4.36. The van der Waals surface area contributed by atoms with Crippen molar-refractivity contribution in [1.82, 2.24) is 0 Å². The molecule has 0 N–H and O–H groups in total. The minimum absolute atomic E-state index is 0. The number of benzene rings is 1. The molecule has 1 heteroatoms. The zero-order chi connectivity index (χ0) is 15.7. The van der Waals surface area contributed by atoms with Crippen LogP contribution in [0.15, 0.2) is 30.4 Å². The van der Waals surface area contributed by atoms with Gasteiger partial charge in [0.05, 0.1) is 0 Å². The Hall–Kier alpha value is -1.11. The van der Waals surface area contributed by atoms with Gasteiger partial charge in [-0.2, -0.15) is 0 Å². The van der Waals surface area contributed by atoms with Crippen LogP contribution in [0.5, 0.6) is 0 Å². The second kappa shape index (κ2) is 11.5. The number of aryl methyl sites for hydroxylation is 1. The van der Waals surface area contributed by atoms with Gasteiger partial charge in [0.2, 0.25) is 0 Å². The third kappa shape index (κ3) is 7.24. The van der Waals surface area contributed by atoms with E-state index in [2.05, 4.69) is 19.1 Å². The van der Waals surface area contributed by atoms with Gasteiger partial charge in [-0.25, -0.2) is 4.39 Å². The Labute approximate surface area is 137 Å². The molecule has 0 heterocycles. The van der Waals surface area contributed by atoms with E-state index in [0.29, 0.717) is 0 Å². The molecule has 2 rings (SSSR count). The highest BCUT2D eigenvalue weighted by molar-refractivity contribution is 5.24. The molecule has 1 aliphatic carbocycles. The van der Waals surface area contributed by atoms with Crippen molar-refractivity contribution >= 4 is 0 Å². The molecule has 0 saturated heterocycles. The van der Waals surface area contributed by atoms with Gasteiger partial charge in [0.15, 0.2) is 0 Å². The van der Waals surface area contributed by atoms with Crippen molar-refractivity contribution in [1.29, 1.82) is 0 Å². The minimum atomic E-state index is -0.0906. The summed E-state index contributed by atoms with van der Waals surface area (Å²) >= 11 is 0. The van der Waals surface area contributed by atoms with Crippen molar-refractivity contribution < 1.29 is 4.39 Å². The minimum Gasteiger partial charge on any atom is -0.207 e. The zero-order valence-electron chi connectivity index (χ0n) is 14.2. The largest absolute Gasteiger partial charge is 0.207 e. The van der Waals surface area contributed by atoms with Gasteiger partial charge in [0, 0.05) is 0 Å². The van der Waals surface area contributed by atoms with E-state index in [-0.39, 0.29) is 13.2 Å². The van der Waals surface area contributed by atoms with Crippen LogP contribution in [0.1, 0.15) is 71.4 Å². The first-order valence-corrected chi connectivity index (χ1v) is 8.55. The fourth-order valence-corrected chi connectivity index (χ4v) is 2.84. The van der Waals surface area contributed by atoms with Crippen LogP contribution in [0, 0.1) is 24.6 Å². The third-order valence-electron chi connectivity index (χ3n) is 4.36. The Bertz CT molecular complexity index is 426. The average molecular weight is 307 g/mol. The summed E-state index contributed by atoms with van der Waals surface area (Å²) in [6, 6.07) is 5.54. The Morgan fingerprint density at radius 3 is 2.32 bits per heavy atom. The van der Waals surface area contributed by atoms with Gasteiger partial charge in [0.1, 0.15) is 5.82 Å². The van der Waals surface area contributed by atoms with Crippen LogP contribution in [-0.4, -0.2) is 0 Å². The number of hydrogen-bond acceptors (Lipinski definition) is 0. The summed E-state index contributed by atoms with van der Waals surface area (Å²) in [6.45, 7) is 8.16. The quantitative estimate of drug-likeness (QED) is 0.520. The van der Waals surface area contributed by atoms with E-state index in [9.17, 15) is 4.39 Å². The van der Waals surface area contributed by atoms with Crippen molar-refractivity contribution in [3.8, 4) is 0 Å². The fourth-order valence-electron chi connectivity index (χ4n) is 2.84. The van der Waals surface area contributed by atoms with Crippen molar-refractivity contribution in [3.63, 3.8) is 0 Å². The van der Waals surface area contributed by atoms with Gasteiger partial charge in [-0.15, -0.1) is 0 Å². The molecular weight excluding hydrogens is 271 g/mol. The molecule has 1 aromatic rings. The Morgan fingerprint density at radius 1 is 1.09 bits per heavy atom. The Balaban J connectivity index is 0.00000141. The standard InChI is InChI=1S/C18H25F.C2H6.CH4/c1-14-7-10-16(11-8-14)5-3-4-6-17-12-9-15(2)18(19)13-17;1-2;/h3-4,9,12-14,16H,5-8,10-11H2,1-2H3;1-2H3;1H4/b4-3-;;. The van der Waals surface area contributed by atoms with Crippen LogP contribution >= 0.6 is 0 Å². The summed E-state index contributed by atoms with van der Waals surface area (Å²) < 4.78 is 13.4. The van der Waals surface area contributed by atoms with Crippen LogP contribution in [0.4, 0.5) is 4.39 Å². The first kappa shape index (κ1) is 20.9. The molecule has 1 aromatic carbocycles. The van der Waals surface area contributed by atoms with Crippen molar-refractivity contribution in [2.24, 2.45) is 11.8 Å². The van der Waals surface area contributed by atoms with Crippen molar-refractivity contribution in [2.75, 3.05) is 0 Å². The number of rotatable bonds is 4.